The van der Waals surface area contributed by atoms with Crippen LogP contribution >= 0.6 is 0 Å². The Balaban J connectivity index is 1.36. The molecule has 1 aromatic heterocycles. The highest BCUT2D eigenvalue weighted by Crippen LogP contribution is 2.48. The molecule has 6 rings (SSSR count). The summed E-state index contributed by atoms with van der Waals surface area (Å²) in [7, 11) is -1.37. The molecule has 57 heavy (non-hydrogen) atoms. The number of alkyl carbamates (subject to hydrolysis) is 1. The predicted molar refractivity (Wildman–Crippen MR) is 208 cm³/mol. The SMILES string of the molecule is COc1cc2ccnc(O[C@@H]3C[C@H]4C(=O)N[C@]5(C(=O)NS(=O)(=O)C6(CF)CC6)C[C@H]5/C=C\CC[C@H](C)C[C@@H](C)[C@H](NC(=O)OC(C)(C)C)C(=O)N4C3)c2cc1OC. The number of pyridine rings is 1. The molecule has 17 heteroatoms. The lowest BCUT2D eigenvalue weighted by Crippen LogP contribution is -2.59. The van der Waals surface area contributed by atoms with Gasteiger partial charge in [-0.1, -0.05) is 26.0 Å². The van der Waals surface area contributed by atoms with Crippen molar-refractivity contribution in [2.24, 2.45) is 17.8 Å². The van der Waals surface area contributed by atoms with Crippen molar-refractivity contribution in [2.45, 2.75) is 114 Å². The molecule has 1 aromatic carbocycles. The maximum absolute atomic E-state index is 14.8. The molecule has 3 fully saturated rings. The molecule has 0 radical (unpaired) electrons. The average Bonchev–Trinajstić information content (AvgIpc) is 4.05. The fourth-order valence-corrected chi connectivity index (χ4v) is 9.34. The van der Waals surface area contributed by atoms with E-state index in [0.29, 0.717) is 29.7 Å². The van der Waals surface area contributed by atoms with Gasteiger partial charge in [0.2, 0.25) is 27.7 Å². The van der Waals surface area contributed by atoms with Crippen molar-refractivity contribution in [3.05, 3.63) is 36.5 Å². The van der Waals surface area contributed by atoms with Crippen LogP contribution in [0.4, 0.5) is 9.18 Å². The molecule has 0 spiro atoms. The van der Waals surface area contributed by atoms with Crippen LogP contribution in [0.3, 0.4) is 0 Å². The third-order valence-corrected chi connectivity index (χ3v) is 13.6. The van der Waals surface area contributed by atoms with Crippen LogP contribution in [0, 0.1) is 17.8 Å². The summed E-state index contributed by atoms with van der Waals surface area (Å²) in [6.45, 7) is 7.82. The third-order valence-electron chi connectivity index (χ3n) is 11.4. The zero-order valence-corrected chi connectivity index (χ0v) is 34.4. The van der Waals surface area contributed by atoms with E-state index in [4.69, 9.17) is 18.9 Å². The van der Waals surface area contributed by atoms with Crippen LogP contribution in [0.25, 0.3) is 10.8 Å². The fourth-order valence-electron chi connectivity index (χ4n) is 7.91. The number of carbonyl (C=O) groups is 4. The first-order valence-electron chi connectivity index (χ1n) is 19.4. The molecule has 0 bridgehead atoms. The van der Waals surface area contributed by atoms with Crippen molar-refractivity contribution in [2.75, 3.05) is 27.4 Å². The highest BCUT2D eigenvalue weighted by molar-refractivity contribution is 7.91. The van der Waals surface area contributed by atoms with Gasteiger partial charge >= 0.3 is 6.09 Å². The summed E-state index contributed by atoms with van der Waals surface area (Å²) in [4.78, 5) is 62.3. The van der Waals surface area contributed by atoms with Crippen molar-refractivity contribution < 1.29 is 50.9 Å². The van der Waals surface area contributed by atoms with E-state index in [-0.39, 0.29) is 49.9 Å². The number of hydrogen-bond acceptors (Lipinski definition) is 11. The van der Waals surface area contributed by atoms with E-state index in [1.807, 2.05) is 19.9 Å². The van der Waals surface area contributed by atoms with Gasteiger partial charge in [-0.25, -0.2) is 22.6 Å². The summed E-state index contributed by atoms with van der Waals surface area (Å²) >= 11 is 0. The minimum absolute atomic E-state index is 0.0334. The molecule has 2 aliphatic carbocycles. The zero-order valence-electron chi connectivity index (χ0n) is 33.6. The van der Waals surface area contributed by atoms with Crippen LogP contribution in [0.5, 0.6) is 17.4 Å². The number of carbonyl (C=O) groups excluding carboxylic acids is 4. The normalized spacial score (nSPS) is 29.4. The summed E-state index contributed by atoms with van der Waals surface area (Å²) in [6, 6.07) is 2.96. The molecular formula is C40H54FN5O10S. The minimum atomic E-state index is -4.40. The molecule has 3 heterocycles. The van der Waals surface area contributed by atoms with Crippen LogP contribution < -0.4 is 29.6 Å². The van der Waals surface area contributed by atoms with Crippen molar-refractivity contribution in [3.63, 3.8) is 0 Å². The van der Waals surface area contributed by atoms with Crippen molar-refractivity contribution in [3.8, 4) is 17.4 Å². The molecule has 2 aromatic rings. The van der Waals surface area contributed by atoms with Crippen LogP contribution in [0.1, 0.15) is 79.6 Å². The smallest absolute Gasteiger partial charge is 0.408 e. The van der Waals surface area contributed by atoms with Gasteiger partial charge < -0.3 is 34.5 Å². The lowest BCUT2D eigenvalue weighted by molar-refractivity contribution is -0.142. The number of fused-ring (bicyclic) bond motifs is 3. The first-order valence-corrected chi connectivity index (χ1v) is 20.9. The number of amides is 4. The van der Waals surface area contributed by atoms with E-state index in [0.717, 1.165) is 11.8 Å². The second-order valence-corrected chi connectivity index (χ2v) is 19.1. The molecule has 0 unspecified atom stereocenters. The van der Waals surface area contributed by atoms with Gasteiger partial charge in [-0.2, -0.15) is 0 Å². The quantitative estimate of drug-likeness (QED) is 0.306. The number of alkyl halides is 1. The number of sulfonamides is 1. The van der Waals surface area contributed by atoms with Gasteiger partial charge in [0, 0.05) is 23.9 Å². The van der Waals surface area contributed by atoms with Gasteiger partial charge in [0.1, 0.15) is 40.7 Å². The topological polar surface area (TPSA) is 192 Å². The molecule has 7 atom stereocenters. The lowest BCUT2D eigenvalue weighted by atomic mass is 9.88. The summed E-state index contributed by atoms with van der Waals surface area (Å²) in [5.74, 6) is -1.91. The lowest BCUT2D eigenvalue weighted by Gasteiger charge is -2.33. The molecule has 312 valence electrons. The monoisotopic (exact) mass is 815 g/mol. The van der Waals surface area contributed by atoms with E-state index in [2.05, 4.69) is 20.3 Å². The Hall–Kier alpha value is -4.67. The minimum Gasteiger partial charge on any atom is -0.493 e. The number of nitrogens with one attached hydrogen (secondary N) is 3. The molecule has 3 N–H and O–H groups in total. The van der Waals surface area contributed by atoms with Crippen LogP contribution in [-0.4, -0.2) is 104 Å². The largest absolute Gasteiger partial charge is 0.493 e. The summed E-state index contributed by atoms with van der Waals surface area (Å²) < 4.78 is 63.7. The molecule has 4 aliphatic rings. The van der Waals surface area contributed by atoms with Gasteiger partial charge in [0.05, 0.1) is 20.8 Å². The Labute approximate surface area is 332 Å². The third kappa shape index (κ3) is 8.77. The summed E-state index contributed by atoms with van der Waals surface area (Å²) in [5, 5.41) is 6.93. The molecular weight excluding hydrogens is 762 g/mol. The van der Waals surface area contributed by atoms with Crippen molar-refractivity contribution >= 4 is 44.6 Å². The number of allylic oxidation sites excluding steroid dienone is 1. The summed E-state index contributed by atoms with van der Waals surface area (Å²) in [6.07, 6.45) is 5.80. The van der Waals surface area contributed by atoms with Gasteiger partial charge in [-0.3, -0.25) is 19.1 Å². The van der Waals surface area contributed by atoms with Crippen LogP contribution in [0.2, 0.25) is 0 Å². The van der Waals surface area contributed by atoms with Gasteiger partial charge in [-0.15, -0.1) is 0 Å². The molecule has 2 aliphatic heterocycles. The Morgan fingerprint density at radius 2 is 1.79 bits per heavy atom. The van der Waals surface area contributed by atoms with Crippen LogP contribution in [0.15, 0.2) is 36.5 Å². The highest BCUT2D eigenvalue weighted by atomic mass is 32.2. The van der Waals surface area contributed by atoms with E-state index >= 15 is 0 Å². The van der Waals surface area contributed by atoms with E-state index < -0.39 is 80.5 Å². The average molecular weight is 816 g/mol. The van der Waals surface area contributed by atoms with Gasteiger partial charge in [0.25, 0.3) is 5.91 Å². The Morgan fingerprint density at radius 1 is 1.09 bits per heavy atom. The molecule has 15 nitrogen and oxygen atoms in total. The number of benzene rings is 1. The number of hydrogen-bond donors (Lipinski definition) is 3. The van der Waals surface area contributed by atoms with Crippen molar-refractivity contribution in [1.29, 1.82) is 0 Å². The second kappa shape index (κ2) is 15.9. The Kier molecular flexibility index (Phi) is 11.7. The fraction of sp³-hybridized carbons (Fsp3) is 0.625. The number of rotatable bonds is 9. The zero-order chi connectivity index (χ0) is 41.5. The van der Waals surface area contributed by atoms with Gasteiger partial charge in [-0.05, 0) is 94.7 Å². The standard InChI is InChI=1S/C40H54FN5O10S/c1-23-10-8-9-11-26-20-40(26,36(49)45-57(51,52)39(22-41)13-14-39)44-33(47)29-18-27(55-34-28-19-31(54-7)30(53-6)17-25(28)12-15-42-34)21-46(29)35(48)32(24(2)16-23)43-37(50)56-38(3,4)5/h9,11-12,15,17,19,23-24,26-27,29,32H,8,10,13-14,16,18,20-22H2,1-7H3,(H,43,50)(H,44,47)(H,45,49)/b11-9-/t23-,24+,26+,27+,29-,32-,40+/m0/s1. The number of ether oxygens (including phenoxy) is 4. The van der Waals surface area contributed by atoms with Gasteiger partial charge in [0.15, 0.2) is 11.5 Å². The molecule has 2 saturated carbocycles. The second-order valence-electron chi connectivity index (χ2n) is 17.0. The van der Waals surface area contributed by atoms with Crippen molar-refractivity contribution in [1.82, 2.24) is 25.2 Å². The van der Waals surface area contributed by atoms with E-state index in [1.54, 1.807) is 51.2 Å². The number of aromatic nitrogens is 1. The number of methoxy groups -OCH3 is 2. The molecule has 4 amide bonds. The molecule has 1 saturated heterocycles. The maximum Gasteiger partial charge on any atom is 0.408 e. The number of nitrogens with zero attached hydrogens (tertiary/aromatic N) is 2. The van der Waals surface area contributed by atoms with E-state index in [1.165, 1.54) is 19.1 Å². The summed E-state index contributed by atoms with van der Waals surface area (Å²) in [5.41, 5.74) is -2.52. The predicted octanol–water partition coefficient (Wildman–Crippen LogP) is 4.33. The first-order chi connectivity index (χ1) is 26.9. The van der Waals surface area contributed by atoms with E-state index in [9.17, 15) is 32.0 Å². The Bertz CT molecular complexity index is 2040. The number of halogens is 1. The first kappa shape index (κ1) is 41.9. The highest BCUT2D eigenvalue weighted by Gasteiger charge is 2.64. The Morgan fingerprint density at radius 3 is 2.44 bits per heavy atom. The maximum atomic E-state index is 14.8. The van der Waals surface area contributed by atoms with Crippen LogP contribution in [-0.2, 0) is 29.1 Å².